The van der Waals surface area contributed by atoms with Gasteiger partial charge in [-0.2, -0.15) is 0 Å². The average molecular weight is 253 g/mol. The number of carbonyl (C=O) groups is 1. The van der Waals surface area contributed by atoms with Gasteiger partial charge in [0.1, 0.15) is 16.5 Å². The van der Waals surface area contributed by atoms with Crippen molar-refractivity contribution in [2.75, 3.05) is 6.61 Å². The van der Waals surface area contributed by atoms with Crippen molar-refractivity contribution in [3.05, 3.63) is 29.2 Å². The summed E-state index contributed by atoms with van der Waals surface area (Å²) in [7, 11) is 0. The van der Waals surface area contributed by atoms with Gasteiger partial charge in [-0.15, -0.1) is 0 Å². The number of pyridine rings is 2. The van der Waals surface area contributed by atoms with Crippen LogP contribution in [0.3, 0.4) is 0 Å². The summed E-state index contributed by atoms with van der Waals surface area (Å²) >= 11 is 5.72. The Kier molecular flexibility index (Phi) is 3.10. The van der Waals surface area contributed by atoms with E-state index in [0.717, 1.165) is 0 Å². The van der Waals surface area contributed by atoms with Crippen molar-refractivity contribution >= 4 is 28.5 Å². The van der Waals surface area contributed by atoms with Crippen LogP contribution in [0.15, 0.2) is 18.5 Å². The molecular formula is C11H9ClN2O3. The van der Waals surface area contributed by atoms with Crippen molar-refractivity contribution in [2.24, 2.45) is 0 Å². The van der Waals surface area contributed by atoms with Crippen molar-refractivity contribution in [3.63, 3.8) is 0 Å². The summed E-state index contributed by atoms with van der Waals surface area (Å²) in [5.74, 6) is -0.815. The first-order valence-corrected chi connectivity index (χ1v) is 5.31. The van der Waals surface area contributed by atoms with Gasteiger partial charge >= 0.3 is 5.97 Å². The number of ether oxygens (including phenoxy) is 1. The summed E-state index contributed by atoms with van der Waals surface area (Å²) in [6.45, 7) is 1.91. The van der Waals surface area contributed by atoms with Crippen LogP contribution < -0.4 is 0 Å². The third-order valence-electron chi connectivity index (χ3n) is 2.19. The van der Waals surface area contributed by atoms with Gasteiger partial charge in [0.05, 0.1) is 18.3 Å². The molecule has 0 fully saturated rings. The Morgan fingerprint density at radius 3 is 2.94 bits per heavy atom. The molecule has 0 spiro atoms. The van der Waals surface area contributed by atoms with Gasteiger partial charge in [0, 0.05) is 11.6 Å². The monoisotopic (exact) mass is 252 g/mol. The number of rotatable bonds is 2. The van der Waals surface area contributed by atoms with Gasteiger partial charge < -0.3 is 9.84 Å². The van der Waals surface area contributed by atoms with Crippen LogP contribution in [-0.4, -0.2) is 27.7 Å². The Hall–Kier alpha value is -1.88. The second-order valence-electron chi connectivity index (χ2n) is 3.27. The number of nitrogens with zero attached hydrogens (tertiary/aromatic N) is 2. The van der Waals surface area contributed by atoms with Crippen molar-refractivity contribution in [1.82, 2.24) is 9.97 Å². The number of aromatic nitrogens is 2. The molecule has 0 bridgehead atoms. The topological polar surface area (TPSA) is 72.3 Å². The standard InChI is InChI=1S/C11H9ClN2O3/c1-2-17-11(16)7-4-13-8-5-14-9(12)3-6(8)10(7)15/h3-5H,2H2,1H3,(H,13,15). The maximum Gasteiger partial charge on any atom is 0.343 e. The molecule has 0 aliphatic carbocycles. The fourth-order valence-corrected chi connectivity index (χ4v) is 1.57. The zero-order chi connectivity index (χ0) is 12.4. The Morgan fingerprint density at radius 2 is 2.24 bits per heavy atom. The molecule has 0 unspecified atom stereocenters. The molecule has 0 aromatic carbocycles. The molecule has 1 N–H and O–H groups in total. The zero-order valence-electron chi connectivity index (χ0n) is 8.98. The van der Waals surface area contributed by atoms with Crippen LogP contribution in [0.1, 0.15) is 17.3 Å². The molecule has 0 saturated heterocycles. The number of aromatic hydroxyl groups is 1. The summed E-state index contributed by atoms with van der Waals surface area (Å²) in [5, 5.41) is 10.5. The van der Waals surface area contributed by atoms with Gasteiger partial charge in [0.2, 0.25) is 0 Å². The highest BCUT2D eigenvalue weighted by Crippen LogP contribution is 2.28. The molecule has 88 valence electrons. The molecule has 6 heteroatoms. The Bertz CT molecular complexity index is 586. The molecule has 2 heterocycles. The van der Waals surface area contributed by atoms with Gasteiger partial charge in [-0.3, -0.25) is 4.98 Å². The van der Waals surface area contributed by atoms with E-state index >= 15 is 0 Å². The van der Waals surface area contributed by atoms with E-state index in [1.54, 1.807) is 6.92 Å². The molecular weight excluding hydrogens is 244 g/mol. The lowest BCUT2D eigenvalue weighted by molar-refractivity contribution is 0.0523. The van der Waals surface area contributed by atoms with Crippen LogP contribution in [-0.2, 0) is 4.74 Å². The molecule has 0 aliphatic rings. The lowest BCUT2D eigenvalue weighted by Crippen LogP contribution is -2.05. The first-order chi connectivity index (χ1) is 8.13. The predicted molar refractivity (Wildman–Crippen MR) is 62.2 cm³/mol. The highest BCUT2D eigenvalue weighted by molar-refractivity contribution is 6.30. The lowest BCUT2D eigenvalue weighted by Gasteiger charge is -2.06. The number of hydrogen-bond donors (Lipinski definition) is 1. The van der Waals surface area contributed by atoms with Gasteiger partial charge in [-0.25, -0.2) is 9.78 Å². The summed E-state index contributed by atoms with van der Waals surface area (Å²) in [5.41, 5.74) is 0.474. The molecule has 0 aliphatic heterocycles. The van der Waals surface area contributed by atoms with Crippen LogP contribution >= 0.6 is 11.6 Å². The number of carbonyl (C=O) groups excluding carboxylic acids is 1. The molecule has 2 aromatic rings. The lowest BCUT2D eigenvalue weighted by atomic mass is 10.1. The fraction of sp³-hybridized carbons (Fsp3) is 0.182. The summed E-state index contributed by atoms with van der Waals surface area (Å²) < 4.78 is 4.80. The van der Waals surface area contributed by atoms with E-state index in [9.17, 15) is 9.90 Å². The van der Waals surface area contributed by atoms with E-state index in [-0.39, 0.29) is 23.1 Å². The number of halogens is 1. The Morgan fingerprint density at radius 1 is 1.47 bits per heavy atom. The normalized spacial score (nSPS) is 10.5. The van der Waals surface area contributed by atoms with Crippen LogP contribution in [0.4, 0.5) is 0 Å². The van der Waals surface area contributed by atoms with Crippen molar-refractivity contribution in [1.29, 1.82) is 0 Å². The SMILES string of the molecule is CCOC(=O)c1cnc2cnc(Cl)cc2c1O. The maximum absolute atomic E-state index is 11.5. The van der Waals surface area contributed by atoms with Gasteiger partial charge in [0.25, 0.3) is 0 Å². The smallest absolute Gasteiger partial charge is 0.343 e. The zero-order valence-corrected chi connectivity index (χ0v) is 9.73. The second kappa shape index (κ2) is 4.55. The minimum atomic E-state index is -0.618. The maximum atomic E-state index is 11.5. The second-order valence-corrected chi connectivity index (χ2v) is 3.65. The third-order valence-corrected chi connectivity index (χ3v) is 2.39. The number of esters is 1. The number of hydrogen-bond acceptors (Lipinski definition) is 5. The van der Waals surface area contributed by atoms with E-state index in [4.69, 9.17) is 16.3 Å². The molecule has 2 aromatic heterocycles. The van der Waals surface area contributed by atoms with E-state index in [2.05, 4.69) is 9.97 Å². The van der Waals surface area contributed by atoms with E-state index in [1.165, 1.54) is 18.5 Å². The van der Waals surface area contributed by atoms with Crippen LogP contribution in [0.2, 0.25) is 5.15 Å². The fourth-order valence-electron chi connectivity index (χ4n) is 1.41. The van der Waals surface area contributed by atoms with Crippen molar-refractivity contribution < 1.29 is 14.6 Å². The molecule has 0 radical (unpaired) electrons. The predicted octanol–water partition coefficient (Wildman–Crippen LogP) is 2.17. The molecule has 0 amide bonds. The average Bonchev–Trinajstić information content (AvgIpc) is 2.30. The van der Waals surface area contributed by atoms with Gasteiger partial charge in [0.15, 0.2) is 0 Å². The quantitative estimate of drug-likeness (QED) is 0.655. The summed E-state index contributed by atoms with van der Waals surface area (Å²) in [4.78, 5) is 19.4. The largest absolute Gasteiger partial charge is 0.506 e. The van der Waals surface area contributed by atoms with Gasteiger partial charge in [-0.05, 0) is 13.0 Å². The van der Waals surface area contributed by atoms with Crippen molar-refractivity contribution in [2.45, 2.75) is 6.92 Å². The van der Waals surface area contributed by atoms with Gasteiger partial charge in [-0.1, -0.05) is 11.6 Å². The van der Waals surface area contributed by atoms with Crippen LogP contribution in [0.25, 0.3) is 10.9 Å². The Balaban J connectivity index is 2.60. The summed E-state index contributed by atoms with van der Waals surface area (Å²) in [6, 6.07) is 1.45. The Labute approximate surface area is 102 Å². The molecule has 0 atom stereocenters. The molecule has 17 heavy (non-hydrogen) atoms. The minimum Gasteiger partial charge on any atom is -0.506 e. The molecule has 2 rings (SSSR count). The first kappa shape index (κ1) is 11.6. The minimum absolute atomic E-state index is 0.0154. The van der Waals surface area contributed by atoms with E-state index in [0.29, 0.717) is 10.9 Å². The van der Waals surface area contributed by atoms with Crippen LogP contribution in [0, 0.1) is 0 Å². The highest BCUT2D eigenvalue weighted by atomic mass is 35.5. The van der Waals surface area contributed by atoms with Crippen molar-refractivity contribution in [3.8, 4) is 5.75 Å². The van der Waals surface area contributed by atoms with E-state index in [1.807, 2.05) is 0 Å². The third kappa shape index (κ3) is 2.14. The highest BCUT2D eigenvalue weighted by Gasteiger charge is 2.16. The molecule has 5 nitrogen and oxygen atoms in total. The van der Waals surface area contributed by atoms with E-state index < -0.39 is 5.97 Å². The first-order valence-electron chi connectivity index (χ1n) is 4.93. The van der Waals surface area contributed by atoms with Crippen LogP contribution in [0.5, 0.6) is 5.75 Å². The summed E-state index contributed by atoms with van der Waals surface area (Å²) in [6.07, 6.45) is 2.68. The molecule has 0 saturated carbocycles. The number of fused-ring (bicyclic) bond motifs is 1.